The van der Waals surface area contributed by atoms with Crippen LogP contribution in [0.15, 0.2) is 53.7 Å². The van der Waals surface area contributed by atoms with Crippen LogP contribution in [0.1, 0.15) is 18.1 Å². The third-order valence-electron chi connectivity index (χ3n) is 3.88. The van der Waals surface area contributed by atoms with Crippen molar-refractivity contribution in [2.75, 3.05) is 5.75 Å². The number of aryl methyl sites for hydroxylation is 2. The molecule has 0 aliphatic carbocycles. The number of carbonyl (C=O) groups excluding carboxylic acids is 1. The van der Waals surface area contributed by atoms with E-state index in [-0.39, 0.29) is 5.91 Å². The molecule has 124 valence electrons. The van der Waals surface area contributed by atoms with Gasteiger partial charge in [-0.15, -0.1) is 0 Å². The van der Waals surface area contributed by atoms with Crippen LogP contribution in [0.4, 0.5) is 0 Å². The number of fused-ring (bicyclic) bond motifs is 1. The molecule has 1 heterocycles. The SMILES string of the molecule is CCn1c(SCC(=O)NCc2ccc(C)cc2)nc2ccccc21. The summed E-state index contributed by atoms with van der Waals surface area (Å²) in [6.45, 7) is 5.55. The van der Waals surface area contributed by atoms with Crippen molar-refractivity contribution in [1.29, 1.82) is 0 Å². The monoisotopic (exact) mass is 339 g/mol. The van der Waals surface area contributed by atoms with Crippen LogP contribution in [0.25, 0.3) is 11.0 Å². The number of thioether (sulfide) groups is 1. The number of rotatable bonds is 6. The van der Waals surface area contributed by atoms with Crippen molar-refractivity contribution in [2.45, 2.75) is 32.1 Å². The summed E-state index contributed by atoms with van der Waals surface area (Å²) in [5.41, 5.74) is 4.42. The van der Waals surface area contributed by atoms with Gasteiger partial charge in [0.25, 0.3) is 0 Å². The van der Waals surface area contributed by atoms with Crippen LogP contribution >= 0.6 is 11.8 Å². The van der Waals surface area contributed by atoms with Crippen LogP contribution in [0.3, 0.4) is 0 Å². The van der Waals surface area contributed by atoms with Crippen molar-refractivity contribution >= 4 is 28.7 Å². The van der Waals surface area contributed by atoms with Gasteiger partial charge in [0, 0.05) is 13.1 Å². The predicted octanol–water partition coefficient (Wildman–Crippen LogP) is 3.77. The van der Waals surface area contributed by atoms with Gasteiger partial charge in [-0.05, 0) is 31.5 Å². The van der Waals surface area contributed by atoms with E-state index in [9.17, 15) is 4.79 Å². The zero-order chi connectivity index (χ0) is 16.9. The first-order chi connectivity index (χ1) is 11.7. The molecule has 1 aromatic heterocycles. The Morgan fingerprint density at radius 2 is 1.92 bits per heavy atom. The molecule has 3 aromatic rings. The third-order valence-corrected chi connectivity index (χ3v) is 4.85. The van der Waals surface area contributed by atoms with Crippen molar-refractivity contribution in [3.8, 4) is 0 Å². The lowest BCUT2D eigenvalue weighted by Gasteiger charge is -2.07. The maximum Gasteiger partial charge on any atom is 0.230 e. The lowest BCUT2D eigenvalue weighted by atomic mass is 10.1. The van der Waals surface area contributed by atoms with E-state index in [1.165, 1.54) is 17.3 Å². The average Bonchev–Trinajstić information content (AvgIpc) is 2.97. The number of para-hydroxylation sites is 2. The number of hydrogen-bond donors (Lipinski definition) is 1. The van der Waals surface area contributed by atoms with E-state index in [1.54, 1.807) is 0 Å². The second-order valence-electron chi connectivity index (χ2n) is 5.68. The molecule has 0 saturated heterocycles. The Kier molecular flexibility index (Phi) is 5.20. The number of imidazole rings is 1. The van der Waals surface area contributed by atoms with E-state index < -0.39 is 0 Å². The lowest BCUT2D eigenvalue weighted by molar-refractivity contribution is -0.118. The van der Waals surface area contributed by atoms with Crippen molar-refractivity contribution in [2.24, 2.45) is 0 Å². The first-order valence-electron chi connectivity index (χ1n) is 8.07. The fraction of sp³-hybridized carbons (Fsp3) is 0.263. The molecule has 0 radical (unpaired) electrons. The Hall–Kier alpha value is -2.27. The quantitative estimate of drug-likeness (QED) is 0.695. The normalized spacial score (nSPS) is 10.9. The smallest absolute Gasteiger partial charge is 0.230 e. The first-order valence-corrected chi connectivity index (χ1v) is 9.06. The average molecular weight is 339 g/mol. The first kappa shape index (κ1) is 16.6. The molecular formula is C19H21N3OS. The van der Waals surface area contributed by atoms with Gasteiger partial charge in [-0.2, -0.15) is 0 Å². The number of hydrogen-bond acceptors (Lipinski definition) is 3. The molecule has 4 nitrogen and oxygen atoms in total. The molecule has 3 rings (SSSR count). The molecule has 0 aliphatic heterocycles. The van der Waals surface area contributed by atoms with Crippen LogP contribution < -0.4 is 5.32 Å². The van der Waals surface area contributed by atoms with Gasteiger partial charge in [0.05, 0.1) is 16.8 Å². The van der Waals surface area contributed by atoms with Gasteiger partial charge in [-0.25, -0.2) is 4.98 Å². The van der Waals surface area contributed by atoms with E-state index in [4.69, 9.17) is 0 Å². The van der Waals surface area contributed by atoms with Gasteiger partial charge in [0.15, 0.2) is 5.16 Å². The van der Waals surface area contributed by atoms with Gasteiger partial charge in [0.1, 0.15) is 0 Å². The molecule has 0 spiro atoms. The van der Waals surface area contributed by atoms with Crippen LogP contribution in [0, 0.1) is 6.92 Å². The molecule has 0 aliphatic rings. The number of carbonyl (C=O) groups is 1. The zero-order valence-electron chi connectivity index (χ0n) is 14.0. The molecule has 0 unspecified atom stereocenters. The highest BCUT2D eigenvalue weighted by Gasteiger charge is 2.11. The molecule has 5 heteroatoms. The fourth-order valence-corrected chi connectivity index (χ4v) is 3.47. The van der Waals surface area contributed by atoms with Crippen molar-refractivity contribution < 1.29 is 4.79 Å². The number of aromatic nitrogens is 2. The van der Waals surface area contributed by atoms with Crippen LogP contribution in [0.2, 0.25) is 0 Å². The van der Waals surface area contributed by atoms with E-state index in [2.05, 4.69) is 46.9 Å². The van der Waals surface area contributed by atoms with E-state index in [1.807, 2.05) is 30.3 Å². The minimum atomic E-state index is 0.0234. The summed E-state index contributed by atoms with van der Waals surface area (Å²) in [6.07, 6.45) is 0. The highest BCUT2D eigenvalue weighted by Crippen LogP contribution is 2.23. The summed E-state index contributed by atoms with van der Waals surface area (Å²) in [4.78, 5) is 16.7. The number of nitrogens with zero attached hydrogens (tertiary/aromatic N) is 2. The van der Waals surface area contributed by atoms with Crippen LogP contribution in [0.5, 0.6) is 0 Å². The zero-order valence-corrected chi connectivity index (χ0v) is 14.8. The standard InChI is InChI=1S/C19H21N3OS/c1-3-22-17-7-5-4-6-16(17)21-19(22)24-13-18(23)20-12-15-10-8-14(2)9-11-15/h4-11H,3,12-13H2,1-2H3,(H,20,23). The Labute approximate surface area is 146 Å². The predicted molar refractivity (Wildman–Crippen MR) is 99.2 cm³/mol. The molecule has 1 N–H and O–H groups in total. The maximum atomic E-state index is 12.1. The highest BCUT2D eigenvalue weighted by atomic mass is 32.2. The fourth-order valence-electron chi connectivity index (χ4n) is 2.56. The molecule has 0 fully saturated rings. The third kappa shape index (κ3) is 3.79. The van der Waals surface area contributed by atoms with Crippen molar-refractivity contribution in [3.63, 3.8) is 0 Å². The summed E-state index contributed by atoms with van der Waals surface area (Å²) in [5.74, 6) is 0.394. The summed E-state index contributed by atoms with van der Waals surface area (Å²) in [7, 11) is 0. The molecule has 2 aromatic carbocycles. The van der Waals surface area contributed by atoms with E-state index >= 15 is 0 Å². The van der Waals surface area contributed by atoms with Gasteiger partial charge in [-0.1, -0.05) is 53.7 Å². The van der Waals surface area contributed by atoms with Crippen molar-refractivity contribution in [3.05, 3.63) is 59.7 Å². The van der Waals surface area contributed by atoms with Gasteiger partial charge < -0.3 is 9.88 Å². The Bertz CT molecular complexity index is 839. The second kappa shape index (κ2) is 7.53. The second-order valence-corrected chi connectivity index (χ2v) is 6.62. The topological polar surface area (TPSA) is 46.9 Å². The van der Waals surface area contributed by atoms with Crippen LogP contribution in [-0.2, 0) is 17.9 Å². The molecule has 0 saturated carbocycles. The molecular weight excluding hydrogens is 318 g/mol. The minimum Gasteiger partial charge on any atom is -0.351 e. The molecule has 0 atom stereocenters. The minimum absolute atomic E-state index is 0.0234. The Balaban J connectivity index is 1.59. The van der Waals surface area contributed by atoms with E-state index in [0.29, 0.717) is 12.3 Å². The molecule has 1 amide bonds. The largest absolute Gasteiger partial charge is 0.351 e. The summed E-state index contributed by atoms with van der Waals surface area (Å²) in [6, 6.07) is 16.3. The number of nitrogens with one attached hydrogen (secondary N) is 1. The lowest BCUT2D eigenvalue weighted by Crippen LogP contribution is -2.24. The van der Waals surface area contributed by atoms with Gasteiger partial charge >= 0.3 is 0 Å². The highest BCUT2D eigenvalue weighted by molar-refractivity contribution is 7.99. The number of benzene rings is 2. The van der Waals surface area contributed by atoms with Gasteiger partial charge in [-0.3, -0.25) is 4.79 Å². The molecule has 0 bridgehead atoms. The maximum absolute atomic E-state index is 12.1. The summed E-state index contributed by atoms with van der Waals surface area (Å²) >= 11 is 1.48. The summed E-state index contributed by atoms with van der Waals surface area (Å²) < 4.78 is 2.15. The van der Waals surface area contributed by atoms with Crippen LogP contribution in [-0.4, -0.2) is 21.2 Å². The summed E-state index contributed by atoms with van der Waals surface area (Å²) in [5, 5.41) is 3.86. The van der Waals surface area contributed by atoms with Crippen molar-refractivity contribution in [1.82, 2.24) is 14.9 Å². The molecule has 24 heavy (non-hydrogen) atoms. The Morgan fingerprint density at radius 3 is 2.67 bits per heavy atom. The number of amides is 1. The Morgan fingerprint density at radius 1 is 1.17 bits per heavy atom. The van der Waals surface area contributed by atoms with E-state index in [0.717, 1.165) is 28.3 Å². The van der Waals surface area contributed by atoms with Gasteiger partial charge in [0.2, 0.25) is 5.91 Å².